The molecule has 0 bridgehead atoms. The number of halogens is 2. The maximum atomic E-state index is 13.4. The first-order chi connectivity index (χ1) is 9.45. The fourth-order valence-electron chi connectivity index (χ4n) is 2.27. The zero-order chi connectivity index (χ0) is 14.7. The number of aryl methyl sites for hydroxylation is 2. The number of rotatable bonds is 4. The second-order valence-corrected chi connectivity index (χ2v) is 5.74. The molecule has 0 heterocycles. The number of hydrogen-bond donors (Lipinski definition) is 1. The third kappa shape index (κ3) is 3.81. The third-order valence-electron chi connectivity index (χ3n) is 3.55. The van der Waals surface area contributed by atoms with Crippen molar-refractivity contribution < 1.29 is 4.39 Å². The topological polar surface area (TPSA) is 26.0 Å². The van der Waals surface area contributed by atoms with Gasteiger partial charge in [0, 0.05) is 6.04 Å². The highest BCUT2D eigenvalue weighted by Crippen LogP contribution is 2.17. The molecular formula is C17H19ClFN. The minimum absolute atomic E-state index is 0.0299. The van der Waals surface area contributed by atoms with Crippen LogP contribution in [0.4, 0.5) is 4.39 Å². The molecule has 0 aliphatic heterocycles. The molecule has 2 N–H and O–H groups in total. The molecule has 20 heavy (non-hydrogen) atoms. The number of hydrogen-bond acceptors (Lipinski definition) is 1. The van der Waals surface area contributed by atoms with E-state index < -0.39 is 0 Å². The quantitative estimate of drug-likeness (QED) is 0.897. The average molecular weight is 292 g/mol. The van der Waals surface area contributed by atoms with Crippen LogP contribution < -0.4 is 5.73 Å². The molecule has 2 aromatic rings. The Balaban J connectivity index is 2.02. The molecule has 0 amide bonds. The number of benzene rings is 2. The molecule has 1 atom stereocenters. The molecule has 0 aliphatic rings. The molecule has 0 saturated carbocycles. The smallest absolute Gasteiger partial charge is 0.142 e. The van der Waals surface area contributed by atoms with E-state index >= 15 is 0 Å². The van der Waals surface area contributed by atoms with E-state index in [1.165, 1.54) is 22.8 Å². The van der Waals surface area contributed by atoms with E-state index in [0.717, 1.165) is 12.0 Å². The molecule has 2 aromatic carbocycles. The molecule has 0 radical (unpaired) electrons. The summed E-state index contributed by atoms with van der Waals surface area (Å²) in [6.45, 7) is 4.19. The van der Waals surface area contributed by atoms with Gasteiger partial charge in [0.2, 0.25) is 0 Å². The lowest BCUT2D eigenvalue weighted by Crippen LogP contribution is -2.25. The van der Waals surface area contributed by atoms with Crippen molar-refractivity contribution in [3.8, 4) is 0 Å². The van der Waals surface area contributed by atoms with Crippen LogP contribution in [0.25, 0.3) is 0 Å². The highest BCUT2D eigenvalue weighted by Gasteiger charge is 2.08. The first-order valence-electron chi connectivity index (χ1n) is 6.71. The van der Waals surface area contributed by atoms with Gasteiger partial charge in [-0.05, 0) is 61.1 Å². The molecule has 3 heteroatoms. The normalized spacial score (nSPS) is 12.4. The summed E-state index contributed by atoms with van der Waals surface area (Å²) in [7, 11) is 0. The standard InChI is InChI=1S/C17H19ClFN/c1-11-3-4-13(7-12(11)2)8-15(20)9-14-5-6-16(18)17(19)10-14/h3-7,10,15H,8-9,20H2,1-2H3. The molecule has 106 valence electrons. The van der Waals surface area contributed by atoms with E-state index in [9.17, 15) is 4.39 Å². The van der Waals surface area contributed by atoms with Gasteiger partial charge >= 0.3 is 0 Å². The van der Waals surface area contributed by atoms with Crippen LogP contribution in [0.15, 0.2) is 36.4 Å². The Hall–Kier alpha value is -1.38. The lowest BCUT2D eigenvalue weighted by Gasteiger charge is -2.13. The molecule has 0 spiro atoms. The SMILES string of the molecule is Cc1ccc(CC(N)Cc2ccc(Cl)c(F)c2)cc1C. The Morgan fingerprint density at radius 3 is 2.20 bits per heavy atom. The molecule has 1 nitrogen and oxygen atoms in total. The van der Waals surface area contributed by atoms with E-state index in [2.05, 4.69) is 32.0 Å². The van der Waals surface area contributed by atoms with Crippen molar-refractivity contribution in [1.29, 1.82) is 0 Å². The largest absolute Gasteiger partial charge is 0.327 e. The van der Waals surface area contributed by atoms with Gasteiger partial charge in [-0.25, -0.2) is 4.39 Å². The predicted molar refractivity (Wildman–Crippen MR) is 82.7 cm³/mol. The van der Waals surface area contributed by atoms with Gasteiger partial charge in [0.05, 0.1) is 5.02 Å². The van der Waals surface area contributed by atoms with Crippen molar-refractivity contribution in [2.75, 3.05) is 0 Å². The Labute approximate surface area is 124 Å². The monoisotopic (exact) mass is 291 g/mol. The summed E-state index contributed by atoms with van der Waals surface area (Å²) < 4.78 is 13.4. The van der Waals surface area contributed by atoms with Gasteiger partial charge in [0.1, 0.15) is 5.82 Å². The van der Waals surface area contributed by atoms with Crippen molar-refractivity contribution in [3.05, 3.63) is 69.5 Å². The Morgan fingerprint density at radius 1 is 1.00 bits per heavy atom. The van der Waals surface area contributed by atoms with Gasteiger partial charge in [0.25, 0.3) is 0 Å². The van der Waals surface area contributed by atoms with Crippen molar-refractivity contribution in [2.24, 2.45) is 5.73 Å². The van der Waals surface area contributed by atoms with Crippen molar-refractivity contribution >= 4 is 11.6 Å². The van der Waals surface area contributed by atoms with Crippen LogP contribution in [0.1, 0.15) is 22.3 Å². The van der Waals surface area contributed by atoms with Crippen LogP contribution in [0.2, 0.25) is 5.02 Å². The van der Waals surface area contributed by atoms with Crippen LogP contribution in [-0.4, -0.2) is 6.04 Å². The van der Waals surface area contributed by atoms with E-state index in [1.807, 2.05) is 6.07 Å². The third-order valence-corrected chi connectivity index (χ3v) is 3.86. The summed E-state index contributed by atoms with van der Waals surface area (Å²) >= 11 is 5.67. The molecule has 0 saturated heterocycles. The summed E-state index contributed by atoms with van der Waals surface area (Å²) in [5.41, 5.74) is 10.8. The van der Waals surface area contributed by atoms with E-state index in [1.54, 1.807) is 6.07 Å². The second-order valence-electron chi connectivity index (χ2n) is 5.34. The van der Waals surface area contributed by atoms with Crippen LogP contribution in [0, 0.1) is 19.7 Å². The Kier molecular flexibility index (Phi) is 4.79. The van der Waals surface area contributed by atoms with E-state index in [4.69, 9.17) is 17.3 Å². The van der Waals surface area contributed by atoms with Crippen LogP contribution in [-0.2, 0) is 12.8 Å². The Bertz CT molecular complexity index is 556. The summed E-state index contributed by atoms with van der Waals surface area (Å²) in [6.07, 6.45) is 1.42. The summed E-state index contributed by atoms with van der Waals surface area (Å²) in [5.74, 6) is -0.387. The highest BCUT2D eigenvalue weighted by molar-refractivity contribution is 6.30. The average Bonchev–Trinajstić information content (AvgIpc) is 2.38. The predicted octanol–water partition coefficient (Wildman–Crippen LogP) is 4.21. The lowest BCUT2D eigenvalue weighted by molar-refractivity contribution is 0.618. The fraction of sp³-hybridized carbons (Fsp3) is 0.294. The molecule has 0 aliphatic carbocycles. The maximum Gasteiger partial charge on any atom is 0.142 e. The van der Waals surface area contributed by atoms with Gasteiger partial charge in [-0.2, -0.15) is 0 Å². The van der Waals surface area contributed by atoms with E-state index in [0.29, 0.717) is 6.42 Å². The van der Waals surface area contributed by atoms with Crippen LogP contribution in [0.5, 0.6) is 0 Å². The van der Waals surface area contributed by atoms with Crippen molar-refractivity contribution in [2.45, 2.75) is 32.7 Å². The summed E-state index contributed by atoms with van der Waals surface area (Å²) in [4.78, 5) is 0. The van der Waals surface area contributed by atoms with Gasteiger partial charge in [-0.3, -0.25) is 0 Å². The minimum atomic E-state index is -0.387. The van der Waals surface area contributed by atoms with Crippen LogP contribution in [0.3, 0.4) is 0 Å². The molecule has 0 fully saturated rings. The van der Waals surface area contributed by atoms with Gasteiger partial charge in [-0.15, -0.1) is 0 Å². The first-order valence-corrected chi connectivity index (χ1v) is 7.09. The van der Waals surface area contributed by atoms with E-state index in [-0.39, 0.29) is 16.9 Å². The zero-order valence-electron chi connectivity index (χ0n) is 11.8. The second kappa shape index (κ2) is 6.38. The lowest BCUT2D eigenvalue weighted by atomic mass is 9.97. The van der Waals surface area contributed by atoms with Gasteiger partial charge in [-0.1, -0.05) is 35.9 Å². The molecule has 2 rings (SSSR count). The molecule has 1 unspecified atom stereocenters. The zero-order valence-corrected chi connectivity index (χ0v) is 12.5. The van der Waals surface area contributed by atoms with Crippen molar-refractivity contribution in [1.82, 2.24) is 0 Å². The van der Waals surface area contributed by atoms with Gasteiger partial charge in [0.15, 0.2) is 0 Å². The molecule has 0 aromatic heterocycles. The maximum absolute atomic E-state index is 13.4. The molecular weight excluding hydrogens is 273 g/mol. The van der Waals surface area contributed by atoms with Crippen molar-refractivity contribution in [3.63, 3.8) is 0 Å². The van der Waals surface area contributed by atoms with Gasteiger partial charge < -0.3 is 5.73 Å². The summed E-state index contributed by atoms with van der Waals surface area (Å²) in [5, 5.41) is 0.150. The Morgan fingerprint density at radius 2 is 1.60 bits per heavy atom. The minimum Gasteiger partial charge on any atom is -0.327 e. The highest BCUT2D eigenvalue weighted by atomic mass is 35.5. The number of nitrogens with two attached hydrogens (primary N) is 1. The fourth-order valence-corrected chi connectivity index (χ4v) is 2.39. The van der Waals surface area contributed by atoms with Crippen LogP contribution >= 0.6 is 11.6 Å². The summed E-state index contributed by atoms with van der Waals surface area (Å²) in [6, 6.07) is 11.2. The first kappa shape index (κ1) is 15.0.